The van der Waals surface area contributed by atoms with Crippen LogP contribution in [0.1, 0.15) is 69.0 Å². The zero-order valence-electron chi connectivity index (χ0n) is 12.2. The van der Waals surface area contributed by atoms with E-state index in [1.807, 2.05) is 0 Å². The van der Waals surface area contributed by atoms with Gasteiger partial charge < -0.3 is 5.32 Å². The standard InChI is InChI=1S/C18H27N/c1-14(15-8-2-3-9-15)19-18-13-7-5-11-16-10-4-6-12-17(16)18/h4,6,10,12,14-15,18-19H,2-3,5,7-9,11,13H2,1H3. The third-order valence-electron chi connectivity index (χ3n) is 5.19. The first kappa shape index (κ1) is 13.2. The lowest BCUT2D eigenvalue weighted by Gasteiger charge is -2.27. The van der Waals surface area contributed by atoms with Crippen LogP contribution in [-0.4, -0.2) is 6.04 Å². The molecule has 2 aliphatic carbocycles. The van der Waals surface area contributed by atoms with Gasteiger partial charge in [0.05, 0.1) is 0 Å². The van der Waals surface area contributed by atoms with E-state index in [2.05, 4.69) is 36.5 Å². The summed E-state index contributed by atoms with van der Waals surface area (Å²) in [4.78, 5) is 0. The number of hydrogen-bond donors (Lipinski definition) is 1. The molecule has 0 spiro atoms. The number of benzene rings is 1. The van der Waals surface area contributed by atoms with Crippen molar-refractivity contribution in [2.24, 2.45) is 5.92 Å². The minimum atomic E-state index is 0.592. The van der Waals surface area contributed by atoms with E-state index in [4.69, 9.17) is 0 Å². The summed E-state index contributed by atoms with van der Waals surface area (Å²) in [6.45, 7) is 2.41. The molecule has 2 unspecified atom stereocenters. The largest absolute Gasteiger partial charge is 0.307 e. The van der Waals surface area contributed by atoms with E-state index in [0.29, 0.717) is 12.1 Å². The molecule has 1 aromatic rings. The van der Waals surface area contributed by atoms with E-state index < -0.39 is 0 Å². The Morgan fingerprint density at radius 3 is 2.58 bits per heavy atom. The van der Waals surface area contributed by atoms with Crippen LogP contribution >= 0.6 is 0 Å². The van der Waals surface area contributed by atoms with Gasteiger partial charge in [-0.1, -0.05) is 43.5 Å². The van der Waals surface area contributed by atoms with Crippen LogP contribution in [0.15, 0.2) is 24.3 Å². The maximum atomic E-state index is 3.96. The van der Waals surface area contributed by atoms with Crippen molar-refractivity contribution in [2.75, 3.05) is 0 Å². The van der Waals surface area contributed by atoms with Gasteiger partial charge in [-0.2, -0.15) is 0 Å². The first-order valence-corrected chi connectivity index (χ1v) is 8.18. The number of hydrogen-bond acceptors (Lipinski definition) is 1. The van der Waals surface area contributed by atoms with Crippen LogP contribution in [-0.2, 0) is 6.42 Å². The topological polar surface area (TPSA) is 12.0 Å². The summed E-state index contributed by atoms with van der Waals surface area (Å²) in [7, 11) is 0. The molecule has 2 aliphatic rings. The van der Waals surface area contributed by atoms with E-state index in [0.717, 1.165) is 5.92 Å². The molecule has 0 radical (unpaired) electrons. The summed E-state index contributed by atoms with van der Waals surface area (Å²) in [5.74, 6) is 0.912. The normalized spacial score (nSPS) is 25.8. The lowest BCUT2D eigenvalue weighted by Crippen LogP contribution is -2.35. The third kappa shape index (κ3) is 3.02. The summed E-state index contributed by atoms with van der Waals surface area (Å²) in [6.07, 6.45) is 11.1. The van der Waals surface area contributed by atoms with Crippen LogP contribution in [0.5, 0.6) is 0 Å². The molecular weight excluding hydrogens is 230 g/mol. The van der Waals surface area contributed by atoms with Gasteiger partial charge in [-0.25, -0.2) is 0 Å². The lowest BCUT2D eigenvalue weighted by atomic mass is 9.94. The Balaban J connectivity index is 1.72. The Labute approximate surface area is 117 Å². The van der Waals surface area contributed by atoms with Crippen molar-refractivity contribution in [3.05, 3.63) is 35.4 Å². The molecule has 19 heavy (non-hydrogen) atoms. The second kappa shape index (κ2) is 6.09. The molecule has 1 aromatic carbocycles. The molecule has 0 aromatic heterocycles. The highest BCUT2D eigenvalue weighted by atomic mass is 15.0. The highest BCUT2D eigenvalue weighted by Crippen LogP contribution is 2.32. The van der Waals surface area contributed by atoms with Crippen LogP contribution in [0.2, 0.25) is 0 Å². The van der Waals surface area contributed by atoms with Crippen LogP contribution in [0, 0.1) is 5.92 Å². The third-order valence-corrected chi connectivity index (χ3v) is 5.19. The summed E-state index contributed by atoms with van der Waals surface area (Å²) in [5.41, 5.74) is 3.15. The van der Waals surface area contributed by atoms with Crippen molar-refractivity contribution < 1.29 is 0 Å². The maximum Gasteiger partial charge on any atom is 0.0325 e. The predicted molar refractivity (Wildman–Crippen MR) is 81.3 cm³/mol. The number of rotatable bonds is 3. The molecule has 104 valence electrons. The first-order valence-electron chi connectivity index (χ1n) is 8.18. The Morgan fingerprint density at radius 1 is 1.00 bits per heavy atom. The molecule has 0 amide bonds. The van der Waals surface area contributed by atoms with Gasteiger partial charge in [0, 0.05) is 12.1 Å². The van der Waals surface area contributed by atoms with Crippen LogP contribution in [0.4, 0.5) is 0 Å². The molecule has 1 heteroatoms. The summed E-state index contributed by atoms with van der Waals surface area (Å²) in [5, 5.41) is 3.96. The van der Waals surface area contributed by atoms with Gasteiger partial charge in [0.15, 0.2) is 0 Å². The summed E-state index contributed by atoms with van der Waals surface area (Å²) in [6, 6.07) is 10.4. The van der Waals surface area contributed by atoms with Crippen molar-refractivity contribution in [3.8, 4) is 0 Å². The second-order valence-corrected chi connectivity index (χ2v) is 6.50. The molecule has 1 N–H and O–H groups in total. The minimum absolute atomic E-state index is 0.592. The van der Waals surface area contributed by atoms with Crippen molar-refractivity contribution in [3.63, 3.8) is 0 Å². The van der Waals surface area contributed by atoms with Crippen LogP contribution < -0.4 is 5.32 Å². The van der Waals surface area contributed by atoms with E-state index in [1.54, 1.807) is 11.1 Å². The van der Waals surface area contributed by atoms with Crippen LogP contribution in [0.3, 0.4) is 0 Å². The summed E-state index contributed by atoms with van der Waals surface area (Å²) >= 11 is 0. The van der Waals surface area contributed by atoms with Crippen molar-refractivity contribution >= 4 is 0 Å². The zero-order valence-corrected chi connectivity index (χ0v) is 12.2. The Kier molecular flexibility index (Phi) is 4.22. The van der Waals surface area contributed by atoms with Gasteiger partial charge in [-0.3, -0.25) is 0 Å². The van der Waals surface area contributed by atoms with Gasteiger partial charge in [0.2, 0.25) is 0 Å². The number of nitrogens with one attached hydrogen (secondary N) is 1. The molecule has 1 nitrogen and oxygen atoms in total. The maximum absolute atomic E-state index is 3.96. The molecular formula is C18H27N. The van der Waals surface area contributed by atoms with Crippen molar-refractivity contribution in [2.45, 2.75) is 70.4 Å². The highest BCUT2D eigenvalue weighted by Gasteiger charge is 2.25. The Bertz CT molecular complexity index is 406. The monoisotopic (exact) mass is 257 g/mol. The molecule has 0 saturated heterocycles. The van der Waals surface area contributed by atoms with Gasteiger partial charge in [0.1, 0.15) is 0 Å². The van der Waals surface area contributed by atoms with E-state index in [-0.39, 0.29) is 0 Å². The first-order chi connectivity index (χ1) is 9.34. The zero-order chi connectivity index (χ0) is 13.1. The molecule has 0 aliphatic heterocycles. The van der Waals surface area contributed by atoms with Gasteiger partial charge in [0.25, 0.3) is 0 Å². The SMILES string of the molecule is CC(NC1CCCCc2ccccc21)C1CCCC1. The van der Waals surface area contributed by atoms with Gasteiger partial charge in [-0.05, 0) is 56.1 Å². The van der Waals surface area contributed by atoms with Gasteiger partial charge in [-0.15, -0.1) is 0 Å². The molecule has 0 bridgehead atoms. The summed E-state index contributed by atoms with van der Waals surface area (Å²) < 4.78 is 0. The highest BCUT2D eigenvalue weighted by molar-refractivity contribution is 5.31. The predicted octanol–water partition coefficient (Wildman–Crippen LogP) is 4.62. The fraction of sp³-hybridized carbons (Fsp3) is 0.667. The molecule has 2 atom stereocenters. The molecule has 0 heterocycles. The average Bonchev–Trinajstić information content (AvgIpc) is 2.90. The second-order valence-electron chi connectivity index (χ2n) is 6.50. The van der Waals surface area contributed by atoms with E-state index in [1.165, 1.54) is 51.4 Å². The lowest BCUT2D eigenvalue weighted by molar-refractivity contribution is 0.333. The molecule has 1 saturated carbocycles. The smallest absolute Gasteiger partial charge is 0.0325 e. The fourth-order valence-electron chi connectivity index (χ4n) is 4.01. The number of aryl methyl sites for hydroxylation is 1. The quantitative estimate of drug-likeness (QED) is 0.779. The van der Waals surface area contributed by atoms with Gasteiger partial charge >= 0.3 is 0 Å². The Hall–Kier alpha value is -0.820. The van der Waals surface area contributed by atoms with Crippen molar-refractivity contribution in [1.82, 2.24) is 5.32 Å². The van der Waals surface area contributed by atoms with Crippen molar-refractivity contribution in [1.29, 1.82) is 0 Å². The average molecular weight is 257 g/mol. The van der Waals surface area contributed by atoms with Crippen LogP contribution in [0.25, 0.3) is 0 Å². The van der Waals surface area contributed by atoms with E-state index in [9.17, 15) is 0 Å². The Morgan fingerprint density at radius 2 is 1.74 bits per heavy atom. The molecule has 3 rings (SSSR count). The van der Waals surface area contributed by atoms with E-state index >= 15 is 0 Å². The minimum Gasteiger partial charge on any atom is -0.307 e. The molecule has 1 fully saturated rings. The number of fused-ring (bicyclic) bond motifs is 1. The fourth-order valence-corrected chi connectivity index (χ4v) is 4.01.